The number of nitrogens with one attached hydrogen (secondary N) is 2. The summed E-state index contributed by atoms with van der Waals surface area (Å²) in [5.74, 6) is 0.686. The Morgan fingerprint density at radius 3 is 2.83 bits per heavy atom. The zero-order valence-electron chi connectivity index (χ0n) is 13.7. The van der Waals surface area contributed by atoms with Crippen molar-refractivity contribution >= 4 is 11.6 Å². The van der Waals surface area contributed by atoms with Crippen LogP contribution in [0.2, 0.25) is 0 Å². The van der Waals surface area contributed by atoms with Crippen molar-refractivity contribution in [1.29, 1.82) is 0 Å². The fourth-order valence-corrected chi connectivity index (χ4v) is 2.77. The molecule has 0 radical (unpaired) electrons. The lowest BCUT2D eigenvalue weighted by molar-refractivity contribution is -0.128. The molecule has 1 saturated heterocycles. The second-order valence-corrected chi connectivity index (χ2v) is 5.74. The molecule has 1 fully saturated rings. The molecule has 0 bridgehead atoms. The van der Waals surface area contributed by atoms with Gasteiger partial charge in [0.2, 0.25) is 0 Å². The number of hydrogen-bond acceptors (Lipinski definition) is 4. The van der Waals surface area contributed by atoms with Crippen LogP contribution in [0.15, 0.2) is 48.5 Å². The highest BCUT2D eigenvalue weighted by atomic mass is 16.5. The van der Waals surface area contributed by atoms with Crippen LogP contribution in [0.3, 0.4) is 0 Å². The first-order valence-corrected chi connectivity index (χ1v) is 8.10. The number of methoxy groups -OCH3 is 1. The minimum atomic E-state index is -0.446. The molecule has 0 aromatic heterocycles. The summed E-state index contributed by atoms with van der Waals surface area (Å²) in [4.78, 5) is 12.3. The number of carbonyl (C=O) groups is 1. The van der Waals surface area contributed by atoms with E-state index in [4.69, 9.17) is 9.47 Å². The maximum Gasteiger partial charge on any atom is 0.254 e. The van der Waals surface area contributed by atoms with Crippen LogP contribution in [0, 0.1) is 0 Å². The largest absolute Gasteiger partial charge is 0.496 e. The minimum absolute atomic E-state index is 0.127. The normalized spacial score (nSPS) is 17.3. The van der Waals surface area contributed by atoms with Gasteiger partial charge in [0, 0.05) is 30.8 Å². The lowest BCUT2D eigenvalue weighted by Gasteiger charge is -2.23. The van der Waals surface area contributed by atoms with Crippen LogP contribution < -0.4 is 15.4 Å². The maximum absolute atomic E-state index is 12.3. The molecule has 0 spiro atoms. The molecule has 3 rings (SSSR count). The SMILES string of the molecule is COc1ccc(NC(=O)[C@@H]2CNCCO2)cc1Cc1ccccc1. The van der Waals surface area contributed by atoms with Gasteiger partial charge in [0.15, 0.2) is 0 Å². The van der Waals surface area contributed by atoms with Gasteiger partial charge in [0.1, 0.15) is 11.9 Å². The Labute approximate surface area is 142 Å². The molecule has 2 N–H and O–H groups in total. The quantitative estimate of drug-likeness (QED) is 0.884. The Kier molecular flexibility index (Phi) is 5.46. The van der Waals surface area contributed by atoms with E-state index in [1.807, 2.05) is 36.4 Å². The minimum Gasteiger partial charge on any atom is -0.496 e. The summed E-state index contributed by atoms with van der Waals surface area (Å²) in [7, 11) is 1.66. The molecule has 2 aromatic carbocycles. The number of amides is 1. The van der Waals surface area contributed by atoms with E-state index in [0.29, 0.717) is 13.2 Å². The molecule has 1 atom stereocenters. The number of anilines is 1. The van der Waals surface area contributed by atoms with E-state index in [9.17, 15) is 4.79 Å². The maximum atomic E-state index is 12.3. The first kappa shape index (κ1) is 16.5. The average molecular weight is 326 g/mol. The van der Waals surface area contributed by atoms with E-state index in [2.05, 4.69) is 22.8 Å². The molecule has 1 aliphatic rings. The van der Waals surface area contributed by atoms with Gasteiger partial charge in [-0.1, -0.05) is 30.3 Å². The average Bonchev–Trinajstić information content (AvgIpc) is 2.63. The first-order valence-electron chi connectivity index (χ1n) is 8.10. The highest BCUT2D eigenvalue weighted by molar-refractivity contribution is 5.94. The topological polar surface area (TPSA) is 59.6 Å². The van der Waals surface area contributed by atoms with Gasteiger partial charge < -0.3 is 20.1 Å². The molecule has 0 aliphatic carbocycles. The summed E-state index contributed by atoms with van der Waals surface area (Å²) >= 11 is 0. The molecule has 1 aliphatic heterocycles. The molecule has 0 saturated carbocycles. The van der Waals surface area contributed by atoms with Crippen molar-refractivity contribution in [2.24, 2.45) is 0 Å². The first-order chi connectivity index (χ1) is 11.8. The van der Waals surface area contributed by atoms with Crippen molar-refractivity contribution in [1.82, 2.24) is 5.32 Å². The van der Waals surface area contributed by atoms with Gasteiger partial charge in [0.05, 0.1) is 13.7 Å². The molecule has 2 aromatic rings. The number of morpholine rings is 1. The van der Waals surface area contributed by atoms with E-state index < -0.39 is 6.10 Å². The molecular weight excluding hydrogens is 304 g/mol. The summed E-state index contributed by atoms with van der Waals surface area (Å²) in [6.07, 6.45) is 0.299. The molecule has 1 amide bonds. The Morgan fingerprint density at radius 1 is 1.29 bits per heavy atom. The summed E-state index contributed by atoms with van der Waals surface area (Å²) < 4.78 is 10.9. The van der Waals surface area contributed by atoms with Crippen LogP contribution in [-0.4, -0.2) is 38.8 Å². The van der Waals surface area contributed by atoms with Gasteiger partial charge in [-0.15, -0.1) is 0 Å². The fourth-order valence-electron chi connectivity index (χ4n) is 2.77. The van der Waals surface area contributed by atoms with Crippen LogP contribution in [0.1, 0.15) is 11.1 Å². The standard InChI is InChI=1S/C19H22N2O3/c1-23-17-8-7-16(21-19(22)18-13-20-9-10-24-18)12-15(17)11-14-5-3-2-4-6-14/h2-8,12,18,20H,9-11,13H2,1H3,(H,21,22)/t18-/m0/s1. The number of benzene rings is 2. The predicted molar refractivity (Wildman–Crippen MR) is 93.5 cm³/mol. The fraction of sp³-hybridized carbons (Fsp3) is 0.316. The molecular formula is C19H22N2O3. The number of rotatable bonds is 5. The molecule has 1 heterocycles. The molecule has 0 unspecified atom stereocenters. The summed E-state index contributed by atoms with van der Waals surface area (Å²) in [5, 5.41) is 6.09. The van der Waals surface area contributed by atoms with Crippen molar-refractivity contribution in [3.05, 3.63) is 59.7 Å². The van der Waals surface area contributed by atoms with Gasteiger partial charge in [-0.25, -0.2) is 0 Å². The molecule has 5 heteroatoms. The van der Waals surface area contributed by atoms with Crippen molar-refractivity contribution < 1.29 is 14.3 Å². The van der Waals surface area contributed by atoms with Gasteiger partial charge in [-0.05, 0) is 23.8 Å². The van der Waals surface area contributed by atoms with E-state index in [1.165, 1.54) is 5.56 Å². The van der Waals surface area contributed by atoms with Crippen LogP contribution in [-0.2, 0) is 16.0 Å². The van der Waals surface area contributed by atoms with Gasteiger partial charge in [-0.2, -0.15) is 0 Å². The van der Waals surface area contributed by atoms with E-state index >= 15 is 0 Å². The Morgan fingerprint density at radius 2 is 2.12 bits per heavy atom. The van der Waals surface area contributed by atoms with Crippen molar-refractivity contribution in [3.8, 4) is 5.75 Å². The van der Waals surface area contributed by atoms with E-state index in [-0.39, 0.29) is 5.91 Å². The number of ether oxygens (including phenoxy) is 2. The number of hydrogen-bond donors (Lipinski definition) is 2. The molecule has 5 nitrogen and oxygen atoms in total. The second-order valence-electron chi connectivity index (χ2n) is 5.74. The Hall–Kier alpha value is -2.37. The van der Waals surface area contributed by atoms with Crippen molar-refractivity contribution in [2.45, 2.75) is 12.5 Å². The second kappa shape index (κ2) is 7.95. The van der Waals surface area contributed by atoms with Crippen LogP contribution in [0.5, 0.6) is 5.75 Å². The highest BCUT2D eigenvalue weighted by Gasteiger charge is 2.22. The lowest BCUT2D eigenvalue weighted by Crippen LogP contribution is -2.45. The van der Waals surface area contributed by atoms with Crippen LogP contribution in [0.4, 0.5) is 5.69 Å². The third-order valence-electron chi connectivity index (χ3n) is 4.01. The van der Waals surface area contributed by atoms with Crippen molar-refractivity contribution in [2.75, 3.05) is 32.1 Å². The molecule has 126 valence electrons. The highest BCUT2D eigenvalue weighted by Crippen LogP contribution is 2.25. The zero-order valence-corrected chi connectivity index (χ0v) is 13.7. The van der Waals surface area contributed by atoms with Gasteiger partial charge in [-0.3, -0.25) is 4.79 Å². The summed E-state index contributed by atoms with van der Waals surface area (Å²) in [5.41, 5.74) is 2.98. The summed E-state index contributed by atoms with van der Waals surface area (Å²) in [6.45, 7) is 1.88. The van der Waals surface area contributed by atoms with E-state index in [0.717, 1.165) is 30.0 Å². The third-order valence-corrected chi connectivity index (χ3v) is 4.01. The van der Waals surface area contributed by atoms with Gasteiger partial charge >= 0.3 is 0 Å². The van der Waals surface area contributed by atoms with Crippen molar-refractivity contribution in [3.63, 3.8) is 0 Å². The van der Waals surface area contributed by atoms with E-state index in [1.54, 1.807) is 7.11 Å². The molecule has 24 heavy (non-hydrogen) atoms. The smallest absolute Gasteiger partial charge is 0.254 e. The Bertz CT molecular complexity index is 682. The Balaban J connectivity index is 1.74. The third kappa shape index (κ3) is 4.13. The lowest BCUT2D eigenvalue weighted by atomic mass is 10.0. The van der Waals surface area contributed by atoms with Crippen LogP contribution in [0.25, 0.3) is 0 Å². The zero-order chi connectivity index (χ0) is 16.8. The monoisotopic (exact) mass is 326 g/mol. The van der Waals surface area contributed by atoms with Gasteiger partial charge in [0.25, 0.3) is 5.91 Å². The summed E-state index contributed by atoms with van der Waals surface area (Å²) in [6, 6.07) is 15.9. The number of carbonyl (C=O) groups excluding carboxylic acids is 1. The van der Waals surface area contributed by atoms with Crippen LogP contribution >= 0.6 is 0 Å². The predicted octanol–water partition coefficient (Wildman–Crippen LogP) is 2.21.